The molecule has 1 fully saturated rings. The van der Waals surface area contributed by atoms with Gasteiger partial charge in [-0.05, 0) is 35.9 Å². The van der Waals surface area contributed by atoms with Crippen molar-refractivity contribution < 1.29 is 32.5 Å². The van der Waals surface area contributed by atoms with Gasteiger partial charge in [0.2, 0.25) is 18.6 Å². The van der Waals surface area contributed by atoms with Crippen molar-refractivity contribution in [3.63, 3.8) is 0 Å². The molecule has 13 heteroatoms. The van der Waals surface area contributed by atoms with Crippen molar-refractivity contribution in [1.29, 1.82) is 0 Å². The Morgan fingerprint density at radius 1 is 0.933 bits per heavy atom. The largest absolute Gasteiger partial charge is 0.494 e. The quantitative estimate of drug-likeness (QED) is 0.225. The molecule has 10 nitrogen and oxygen atoms in total. The van der Waals surface area contributed by atoms with E-state index in [0.717, 1.165) is 68.1 Å². The van der Waals surface area contributed by atoms with Crippen LogP contribution in [0.4, 0.5) is 13.2 Å². The van der Waals surface area contributed by atoms with Crippen LogP contribution >= 0.6 is 0 Å². The van der Waals surface area contributed by atoms with Gasteiger partial charge in [-0.3, -0.25) is 14.5 Å². The highest BCUT2D eigenvalue weighted by molar-refractivity contribution is 6.02. The number of carbonyl (C=O) groups excluding carboxylic acids is 1. The third kappa shape index (κ3) is 6.49. The zero-order valence-electron chi connectivity index (χ0n) is 24.1. The van der Waals surface area contributed by atoms with Crippen molar-refractivity contribution in [2.45, 2.75) is 19.1 Å². The van der Waals surface area contributed by atoms with Crippen molar-refractivity contribution in [3.05, 3.63) is 93.8 Å². The second-order valence-corrected chi connectivity index (χ2v) is 10.8. The van der Waals surface area contributed by atoms with E-state index in [1.807, 2.05) is 18.2 Å². The molecule has 3 aromatic carbocycles. The summed E-state index contributed by atoms with van der Waals surface area (Å²) in [6.45, 7) is 4.82. The van der Waals surface area contributed by atoms with E-state index in [4.69, 9.17) is 9.47 Å². The maximum atomic E-state index is 13.8. The summed E-state index contributed by atoms with van der Waals surface area (Å²) >= 11 is 0. The van der Waals surface area contributed by atoms with Gasteiger partial charge in [-0.1, -0.05) is 36.4 Å². The van der Waals surface area contributed by atoms with Crippen LogP contribution < -0.4 is 20.5 Å². The monoisotopic (exact) mass is 621 g/mol. The Labute approximate surface area is 255 Å². The fourth-order valence-electron chi connectivity index (χ4n) is 5.57. The molecule has 0 aliphatic carbocycles. The SMILES string of the molecule is O=C(CCN1CCN(Cc2ccc3c(c2)OCO3)CC1)NN=Cc1c(O)n(-c2ccccc2C(F)(F)F)c(=O)c2ccccc12. The Bertz CT molecular complexity index is 1820. The standard InChI is InChI=1S/C32H30F3N5O5/c33-32(34,35)25-7-3-4-8-26(25)40-30(42)23-6-2-1-5-22(23)24(31(40)43)18-36-37-29(41)11-12-38-13-15-39(16-14-38)19-21-9-10-27-28(17-21)45-20-44-27/h1-10,17-18,43H,11-16,19-20H2,(H,37,41). The number of nitrogens with one attached hydrogen (secondary N) is 1. The number of para-hydroxylation sites is 1. The van der Waals surface area contributed by atoms with E-state index in [-0.39, 0.29) is 35.5 Å². The number of hydrogen-bond donors (Lipinski definition) is 2. The summed E-state index contributed by atoms with van der Waals surface area (Å²) in [5.74, 6) is 0.421. The second kappa shape index (κ2) is 12.6. The molecule has 0 atom stereocenters. The predicted octanol–water partition coefficient (Wildman–Crippen LogP) is 4.10. The van der Waals surface area contributed by atoms with Gasteiger partial charge in [0.25, 0.3) is 5.56 Å². The molecule has 2 aliphatic rings. The predicted molar refractivity (Wildman–Crippen MR) is 161 cm³/mol. The Kier molecular flexibility index (Phi) is 8.46. The van der Waals surface area contributed by atoms with Crippen LogP contribution in [0.3, 0.4) is 0 Å². The molecule has 1 amide bonds. The summed E-state index contributed by atoms with van der Waals surface area (Å²) in [6, 6.07) is 16.6. The first-order chi connectivity index (χ1) is 21.7. The van der Waals surface area contributed by atoms with Gasteiger partial charge in [0, 0.05) is 56.5 Å². The van der Waals surface area contributed by atoms with E-state index in [2.05, 4.69) is 20.3 Å². The van der Waals surface area contributed by atoms with Crippen molar-refractivity contribution >= 4 is 22.9 Å². The Balaban J connectivity index is 1.09. The molecule has 0 unspecified atom stereocenters. The highest BCUT2D eigenvalue weighted by Crippen LogP contribution is 2.36. The number of piperazine rings is 1. The number of amides is 1. The molecule has 1 saturated heterocycles. The lowest BCUT2D eigenvalue weighted by Crippen LogP contribution is -2.46. The molecule has 3 heterocycles. The highest BCUT2D eigenvalue weighted by atomic mass is 19.4. The minimum atomic E-state index is -4.77. The van der Waals surface area contributed by atoms with E-state index >= 15 is 0 Å². The van der Waals surface area contributed by atoms with Gasteiger partial charge in [0.1, 0.15) is 0 Å². The molecule has 0 spiro atoms. The third-order valence-corrected chi connectivity index (χ3v) is 7.90. The van der Waals surface area contributed by atoms with Crippen molar-refractivity contribution in [1.82, 2.24) is 19.8 Å². The van der Waals surface area contributed by atoms with Gasteiger partial charge < -0.3 is 19.5 Å². The number of rotatable bonds is 8. The first-order valence-electron chi connectivity index (χ1n) is 14.4. The fraction of sp³-hybridized carbons (Fsp3) is 0.281. The van der Waals surface area contributed by atoms with Gasteiger partial charge in [0.15, 0.2) is 11.5 Å². The summed E-state index contributed by atoms with van der Waals surface area (Å²) in [4.78, 5) is 30.4. The Morgan fingerprint density at radius 2 is 1.62 bits per heavy atom. The zero-order valence-corrected chi connectivity index (χ0v) is 24.1. The van der Waals surface area contributed by atoms with Crippen molar-refractivity contribution in [3.8, 4) is 23.1 Å². The summed E-state index contributed by atoms with van der Waals surface area (Å²) in [5.41, 5.74) is 1.13. The van der Waals surface area contributed by atoms with Gasteiger partial charge in [0.05, 0.1) is 23.0 Å². The number of ether oxygens (including phenoxy) is 2. The minimum Gasteiger partial charge on any atom is -0.494 e. The van der Waals surface area contributed by atoms with Crippen LogP contribution in [0.15, 0.2) is 76.6 Å². The first-order valence-corrected chi connectivity index (χ1v) is 14.4. The lowest BCUT2D eigenvalue weighted by atomic mass is 10.1. The number of carbonyl (C=O) groups is 1. The molecule has 0 radical (unpaired) electrons. The zero-order chi connectivity index (χ0) is 31.6. The van der Waals surface area contributed by atoms with Crippen LogP contribution in [-0.2, 0) is 17.5 Å². The van der Waals surface area contributed by atoms with E-state index in [0.29, 0.717) is 11.1 Å². The van der Waals surface area contributed by atoms with Gasteiger partial charge in [-0.15, -0.1) is 0 Å². The van der Waals surface area contributed by atoms with Gasteiger partial charge in [-0.2, -0.15) is 18.3 Å². The van der Waals surface area contributed by atoms with Crippen LogP contribution in [0.2, 0.25) is 0 Å². The summed E-state index contributed by atoms with van der Waals surface area (Å²) < 4.78 is 52.8. The van der Waals surface area contributed by atoms with E-state index in [1.54, 1.807) is 18.2 Å². The number of hydrogen-bond acceptors (Lipinski definition) is 8. The number of aromatic hydroxyl groups is 1. The Hall–Kier alpha value is -4.88. The van der Waals surface area contributed by atoms with Crippen LogP contribution in [0.1, 0.15) is 23.1 Å². The molecule has 0 bridgehead atoms. The summed E-state index contributed by atoms with van der Waals surface area (Å²) in [7, 11) is 0. The average molecular weight is 622 g/mol. The van der Waals surface area contributed by atoms with Crippen LogP contribution in [-0.4, -0.2) is 71.1 Å². The molecule has 4 aromatic rings. The highest BCUT2D eigenvalue weighted by Gasteiger charge is 2.35. The van der Waals surface area contributed by atoms with Gasteiger partial charge >= 0.3 is 6.18 Å². The minimum absolute atomic E-state index is 0.0129. The number of aromatic nitrogens is 1. The molecule has 2 N–H and O–H groups in total. The molecular weight excluding hydrogens is 591 g/mol. The van der Waals surface area contributed by atoms with E-state index in [1.165, 1.54) is 18.2 Å². The Morgan fingerprint density at radius 3 is 2.40 bits per heavy atom. The number of pyridine rings is 1. The number of hydrazone groups is 1. The number of fused-ring (bicyclic) bond motifs is 2. The van der Waals surface area contributed by atoms with Crippen molar-refractivity contribution in [2.24, 2.45) is 5.10 Å². The second-order valence-electron chi connectivity index (χ2n) is 10.8. The molecule has 0 saturated carbocycles. The number of alkyl halides is 3. The maximum absolute atomic E-state index is 13.8. The first kappa shape index (κ1) is 30.2. The number of benzene rings is 3. The smallest absolute Gasteiger partial charge is 0.418 e. The third-order valence-electron chi connectivity index (χ3n) is 7.90. The molecule has 2 aliphatic heterocycles. The van der Waals surface area contributed by atoms with Crippen molar-refractivity contribution in [2.75, 3.05) is 39.5 Å². The normalized spacial score (nSPS) is 15.6. The van der Waals surface area contributed by atoms with Crippen LogP contribution in [0, 0.1) is 0 Å². The number of nitrogens with zero attached hydrogens (tertiary/aromatic N) is 4. The molecule has 234 valence electrons. The molecule has 1 aromatic heterocycles. The van der Waals surface area contributed by atoms with E-state index in [9.17, 15) is 27.9 Å². The van der Waals surface area contributed by atoms with Crippen LogP contribution in [0.25, 0.3) is 16.5 Å². The van der Waals surface area contributed by atoms with Gasteiger partial charge in [-0.25, -0.2) is 9.99 Å². The topological polar surface area (TPSA) is 109 Å². The fourth-order valence-corrected chi connectivity index (χ4v) is 5.57. The maximum Gasteiger partial charge on any atom is 0.418 e. The summed E-state index contributed by atoms with van der Waals surface area (Å²) in [5, 5.41) is 15.4. The molecular formula is C32H30F3N5O5. The average Bonchev–Trinajstić information content (AvgIpc) is 3.50. The van der Waals surface area contributed by atoms with Crippen LogP contribution in [0.5, 0.6) is 17.4 Å². The van der Waals surface area contributed by atoms with E-state index < -0.39 is 28.9 Å². The lowest BCUT2D eigenvalue weighted by molar-refractivity contribution is -0.137. The molecule has 45 heavy (non-hydrogen) atoms. The lowest BCUT2D eigenvalue weighted by Gasteiger charge is -2.34. The summed E-state index contributed by atoms with van der Waals surface area (Å²) in [6.07, 6.45) is -3.46. The number of halogens is 3. The molecule has 6 rings (SSSR count).